The molecule has 1 heterocycles. The van der Waals surface area contributed by atoms with Crippen LogP contribution >= 0.6 is 0 Å². The van der Waals surface area contributed by atoms with E-state index in [9.17, 15) is 0 Å². The summed E-state index contributed by atoms with van der Waals surface area (Å²) in [7, 11) is 0. The van der Waals surface area contributed by atoms with Crippen molar-refractivity contribution in [2.24, 2.45) is 0 Å². The minimum Gasteiger partial charge on any atom is -0.491 e. The Morgan fingerprint density at radius 3 is 2.95 bits per heavy atom. The van der Waals surface area contributed by atoms with Crippen LogP contribution in [0.15, 0.2) is 24.4 Å². The molecular formula is C16H22N2O. The molecule has 19 heavy (non-hydrogen) atoms. The molecule has 0 amide bonds. The molecule has 2 aromatic rings. The van der Waals surface area contributed by atoms with Gasteiger partial charge in [-0.3, -0.25) is 0 Å². The van der Waals surface area contributed by atoms with Crippen LogP contribution in [-0.2, 0) is 6.42 Å². The van der Waals surface area contributed by atoms with E-state index in [1.165, 1.54) is 29.3 Å². The first-order valence-electron chi connectivity index (χ1n) is 7.22. The van der Waals surface area contributed by atoms with Gasteiger partial charge in [-0.2, -0.15) is 0 Å². The van der Waals surface area contributed by atoms with Crippen LogP contribution < -0.4 is 10.1 Å². The van der Waals surface area contributed by atoms with Crippen LogP contribution in [0.25, 0.3) is 10.9 Å². The number of rotatable bonds is 6. The number of hydrogen-bond donors (Lipinski definition) is 2. The Kier molecular flexibility index (Phi) is 3.47. The van der Waals surface area contributed by atoms with Crippen molar-refractivity contribution >= 4 is 10.9 Å². The normalized spacial score (nSPS) is 15.3. The summed E-state index contributed by atoms with van der Waals surface area (Å²) in [6.07, 6.45) is 6.11. The lowest BCUT2D eigenvalue weighted by Crippen LogP contribution is -2.19. The zero-order valence-corrected chi connectivity index (χ0v) is 11.7. The maximum atomic E-state index is 5.77. The van der Waals surface area contributed by atoms with Gasteiger partial charge in [0.25, 0.3) is 0 Å². The van der Waals surface area contributed by atoms with Gasteiger partial charge in [0, 0.05) is 23.1 Å². The van der Waals surface area contributed by atoms with Crippen LogP contribution in [0.1, 0.15) is 32.3 Å². The van der Waals surface area contributed by atoms with Crippen LogP contribution in [0.3, 0.4) is 0 Å². The summed E-state index contributed by atoms with van der Waals surface area (Å²) < 4.78 is 5.77. The average molecular weight is 258 g/mol. The van der Waals surface area contributed by atoms with E-state index in [0.29, 0.717) is 0 Å². The lowest BCUT2D eigenvalue weighted by Gasteiger charge is -2.10. The molecule has 3 heteroatoms. The minimum absolute atomic E-state index is 0.219. The Bertz CT molecular complexity index is 555. The minimum atomic E-state index is 0.219. The van der Waals surface area contributed by atoms with Crippen molar-refractivity contribution in [3.05, 3.63) is 30.0 Å². The molecule has 0 unspecified atom stereocenters. The largest absolute Gasteiger partial charge is 0.491 e. The van der Waals surface area contributed by atoms with E-state index >= 15 is 0 Å². The Morgan fingerprint density at radius 2 is 2.21 bits per heavy atom. The van der Waals surface area contributed by atoms with Crippen LogP contribution in [0, 0.1) is 0 Å². The second kappa shape index (κ2) is 5.25. The van der Waals surface area contributed by atoms with Gasteiger partial charge in [-0.15, -0.1) is 0 Å². The van der Waals surface area contributed by atoms with Crippen molar-refractivity contribution in [3.63, 3.8) is 0 Å². The molecule has 2 N–H and O–H groups in total. The first-order valence-corrected chi connectivity index (χ1v) is 7.22. The summed E-state index contributed by atoms with van der Waals surface area (Å²) in [5.74, 6) is 0.957. The Labute approximate surface area is 114 Å². The fourth-order valence-electron chi connectivity index (χ4n) is 2.41. The van der Waals surface area contributed by atoms with Crippen molar-refractivity contribution in [2.75, 3.05) is 6.54 Å². The number of hydrogen-bond acceptors (Lipinski definition) is 2. The highest BCUT2D eigenvalue weighted by Crippen LogP contribution is 2.25. The summed E-state index contributed by atoms with van der Waals surface area (Å²) >= 11 is 0. The zero-order chi connectivity index (χ0) is 13.2. The molecular weight excluding hydrogens is 236 g/mol. The molecule has 0 spiro atoms. The number of nitrogens with one attached hydrogen (secondary N) is 2. The van der Waals surface area contributed by atoms with Crippen LogP contribution in [0.5, 0.6) is 5.75 Å². The molecule has 3 nitrogen and oxygen atoms in total. The van der Waals surface area contributed by atoms with Crippen molar-refractivity contribution in [1.29, 1.82) is 0 Å². The molecule has 0 atom stereocenters. The molecule has 1 aromatic carbocycles. The van der Waals surface area contributed by atoms with E-state index < -0.39 is 0 Å². The van der Waals surface area contributed by atoms with Crippen LogP contribution in [0.2, 0.25) is 0 Å². The number of fused-ring (bicyclic) bond motifs is 1. The van der Waals surface area contributed by atoms with Gasteiger partial charge >= 0.3 is 0 Å². The quantitative estimate of drug-likeness (QED) is 0.834. The average Bonchev–Trinajstić information content (AvgIpc) is 3.10. The molecule has 0 radical (unpaired) electrons. The third-order valence-corrected chi connectivity index (χ3v) is 3.52. The third-order valence-electron chi connectivity index (χ3n) is 3.52. The molecule has 0 saturated heterocycles. The highest BCUT2D eigenvalue weighted by molar-refractivity contribution is 5.84. The molecule has 0 aliphatic heterocycles. The zero-order valence-electron chi connectivity index (χ0n) is 11.7. The fourth-order valence-corrected chi connectivity index (χ4v) is 2.41. The second-order valence-electron chi connectivity index (χ2n) is 5.67. The first-order chi connectivity index (χ1) is 9.22. The third kappa shape index (κ3) is 3.10. The predicted molar refractivity (Wildman–Crippen MR) is 78.8 cm³/mol. The van der Waals surface area contributed by atoms with Crippen molar-refractivity contribution < 1.29 is 4.74 Å². The molecule has 1 aliphatic rings. The van der Waals surface area contributed by atoms with Gasteiger partial charge in [-0.1, -0.05) is 0 Å². The molecule has 0 bridgehead atoms. The summed E-state index contributed by atoms with van der Waals surface area (Å²) in [5.41, 5.74) is 2.56. The van der Waals surface area contributed by atoms with Crippen molar-refractivity contribution in [3.8, 4) is 5.75 Å². The summed E-state index contributed by atoms with van der Waals surface area (Å²) in [5, 5.41) is 4.85. The van der Waals surface area contributed by atoms with Gasteiger partial charge in [0.1, 0.15) is 5.75 Å². The number of aromatic amines is 1. The monoisotopic (exact) mass is 258 g/mol. The summed E-state index contributed by atoms with van der Waals surface area (Å²) in [6, 6.07) is 7.07. The second-order valence-corrected chi connectivity index (χ2v) is 5.67. The smallest absolute Gasteiger partial charge is 0.120 e. The number of H-pyrrole nitrogens is 1. The van der Waals surface area contributed by atoms with Gasteiger partial charge in [-0.05, 0) is 63.4 Å². The fraction of sp³-hybridized carbons (Fsp3) is 0.500. The highest BCUT2D eigenvalue weighted by atomic mass is 16.5. The van der Waals surface area contributed by atoms with Crippen LogP contribution in [0.4, 0.5) is 0 Å². The maximum Gasteiger partial charge on any atom is 0.120 e. The van der Waals surface area contributed by atoms with E-state index in [0.717, 1.165) is 24.8 Å². The molecule has 102 valence electrons. The van der Waals surface area contributed by atoms with E-state index in [1.54, 1.807) is 0 Å². The first kappa shape index (κ1) is 12.5. The van der Waals surface area contributed by atoms with Gasteiger partial charge < -0.3 is 15.0 Å². The number of aromatic nitrogens is 1. The van der Waals surface area contributed by atoms with Crippen molar-refractivity contribution in [1.82, 2.24) is 10.3 Å². The Hall–Kier alpha value is -1.48. The molecule has 1 aliphatic carbocycles. The Balaban J connectivity index is 1.74. The number of benzene rings is 1. The topological polar surface area (TPSA) is 37.0 Å². The van der Waals surface area contributed by atoms with Gasteiger partial charge in [-0.25, -0.2) is 0 Å². The summed E-state index contributed by atoms with van der Waals surface area (Å²) in [4.78, 5) is 3.34. The van der Waals surface area contributed by atoms with E-state index in [2.05, 4.69) is 42.5 Å². The molecule has 1 saturated carbocycles. The van der Waals surface area contributed by atoms with E-state index in [-0.39, 0.29) is 6.10 Å². The SMILES string of the molecule is CC(C)Oc1ccc2[nH]cc(CCNC3CC3)c2c1. The van der Waals surface area contributed by atoms with Gasteiger partial charge in [0.15, 0.2) is 0 Å². The van der Waals surface area contributed by atoms with E-state index in [4.69, 9.17) is 4.74 Å². The van der Waals surface area contributed by atoms with Gasteiger partial charge in [0.2, 0.25) is 0 Å². The Morgan fingerprint density at radius 1 is 1.37 bits per heavy atom. The number of ether oxygens (including phenoxy) is 1. The van der Waals surface area contributed by atoms with Crippen LogP contribution in [-0.4, -0.2) is 23.7 Å². The lowest BCUT2D eigenvalue weighted by molar-refractivity contribution is 0.243. The molecule has 1 aromatic heterocycles. The standard InChI is InChI=1S/C16H22N2O/c1-11(2)19-14-5-6-16-15(9-14)12(10-18-16)7-8-17-13-3-4-13/h5-6,9-11,13,17-18H,3-4,7-8H2,1-2H3. The molecule has 1 fully saturated rings. The maximum absolute atomic E-state index is 5.77. The molecule has 3 rings (SSSR count). The van der Waals surface area contributed by atoms with Gasteiger partial charge in [0.05, 0.1) is 6.10 Å². The summed E-state index contributed by atoms with van der Waals surface area (Å²) in [6.45, 7) is 5.18. The predicted octanol–water partition coefficient (Wildman–Crippen LogP) is 3.25. The van der Waals surface area contributed by atoms with Crippen molar-refractivity contribution in [2.45, 2.75) is 45.3 Å². The van der Waals surface area contributed by atoms with E-state index in [1.807, 2.05) is 6.07 Å². The lowest BCUT2D eigenvalue weighted by atomic mass is 10.1. The highest BCUT2D eigenvalue weighted by Gasteiger charge is 2.19.